The minimum absolute atomic E-state index is 0.110. The molecule has 19 heavy (non-hydrogen) atoms. The fraction of sp³-hybridized carbons (Fsp3) is 0.0909. The van der Waals surface area contributed by atoms with Crippen LogP contribution in [0, 0.1) is 0 Å². The lowest BCUT2D eigenvalue weighted by atomic mass is 10.3. The average molecular weight is 332 g/mol. The topological polar surface area (TPSA) is 67.0 Å². The van der Waals surface area contributed by atoms with Gasteiger partial charge in [0.15, 0.2) is 0 Å². The Kier molecular flexibility index (Phi) is 4.10. The van der Waals surface area contributed by atoms with Gasteiger partial charge >= 0.3 is 6.61 Å². The summed E-state index contributed by atoms with van der Waals surface area (Å²) in [5.74, 6) is -0.629. The van der Waals surface area contributed by atoms with Crippen molar-refractivity contribution in [3.63, 3.8) is 0 Å². The van der Waals surface area contributed by atoms with Crippen LogP contribution in [0.1, 0.15) is 10.5 Å². The number of halogens is 3. The van der Waals surface area contributed by atoms with Crippen LogP contribution in [0.2, 0.25) is 0 Å². The molecule has 0 aliphatic heterocycles. The second kappa shape index (κ2) is 5.79. The SMILES string of the molecule is O=C(Nc1ccccc1OC(F)F)c1[nH]ncc1Br. The Balaban J connectivity index is 2.19. The van der Waals surface area contributed by atoms with Crippen molar-refractivity contribution >= 4 is 27.5 Å². The van der Waals surface area contributed by atoms with Crippen LogP contribution in [0.3, 0.4) is 0 Å². The van der Waals surface area contributed by atoms with Crippen LogP contribution in [0.15, 0.2) is 34.9 Å². The van der Waals surface area contributed by atoms with Crippen LogP contribution in [-0.4, -0.2) is 22.7 Å². The van der Waals surface area contributed by atoms with Crippen molar-refractivity contribution in [2.75, 3.05) is 5.32 Å². The molecule has 2 aromatic rings. The number of rotatable bonds is 4. The van der Waals surface area contributed by atoms with Gasteiger partial charge in [0.2, 0.25) is 0 Å². The summed E-state index contributed by atoms with van der Waals surface area (Å²) < 4.78 is 29.2. The highest BCUT2D eigenvalue weighted by Crippen LogP contribution is 2.26. The Morgan fingerprint density at radius 3 is 2.79 bits per heavy atom. The molecule has 1 aromatic heterocycles. The van der Waals surface area contributed by atoms with Crippen LogP contribution in [0.25, 0.3) is 0 Å². The van der Waals surface area contributed by atoms with E-state index < -0.39 is 12.5 Å². The number of H-pyrrole nitrogens is 1. The van der Waals surface area contributed by atoms with Gasteiger partial charge in [-0.3, -0.25) is 9.89 Å². The monoisotopic (exact) mass is 331 g/mol. The Morgan fingerprint density at radius 2 is 2.16 bits per heavy atom. The standard InChI is InChI=1S/C11H8BrF2N3O2/c12-6-5-15-17-9(6)10(18)16-7-3-1-2-4-8(7)19-11(13)14/h1-5,11H,(H,15,17)(H,16,18). The molecule has 2 N–H and O–H groups in total. The molecule has 0 radical (unpaired) electrons. The van der Waals surface area contributed by atoms with E-state index in [1.165, 1.54) is 24.4 Å². The van der Waals surface area contributed by atoms with Gasteiger partial charge in [-0.25, -0.2) is 0 Å². The Hall–Kier alpha value is -1.96. The van der Waals surface area contributed by atoms with Crippen molar-refractivity contribution in [2.24, 2.45) is 0 Å². The summed E-state index contributed by atoms with van der Waals surface area (Å²) >= 11 is 3.13. The third kappa shape index (κ3) is 3.28. The largest absolute Gasteiger partial charge is 0.433 e. The number of nitrogens with one attached hydrogen (secondary N) is 2. The zero-order valence-electron chi connectivity index (χ0n) is 9.36. The number of benzene rings is 1. The summed E-state index contributed by atoms with van der Waals surface area (Å²) in [5.41, 5.74) is 0.334. The first-order valence-corrected chi connectivity index (χ1v) is 5.91. The van der Waals surface area contributed by atoms with Crippen molar-refractivity contribution < 1.29 is 18.3 Å². The highest BCUT2D eigenvalue weighted by Gasteiger charge is 2.15. The minimum Gasteiger partial charge on any atom is -0.433 e. The number of carbonyl (C=O) groups excluding carboxylic acids is 1. The predicted molar refractivity (Wildman–Crippen MR) is 67.3 cm³/mol. The summed E-state index contributed by atoms with van der Waals surface area (Å²) in [6.07, 6.45) is 1.41. The van der Waals surface area contributed by atoms with E-state index in [-0.39, 0.29) is 17.1 Å². The molecule has 8 heteroatoms. The molecule has 100 valence electrons. The maximum Gasteiger partial charge on any atom is 0.387 e. The fourth-order valence-corrected chi connectivity index (χ4v) is 1.76. The third-order valence-electron chi connectivity index (χ3n) is 2.17. The van der Waals surface area contributed by atoms with E-state index in [0.29, 0.717) is 4.47 Å². The van der Waals surface area contributed by atoms with Gasteiger partial charge in [0, 0.05) is 0 Å². The number of carbonyl (C=O) groups is 1. The zero-order valence-corrected chi connectivity index (χ0v) is 10.9. The van der Waals surface area contributed by atoms with E-state index in [1.807, 2.05) is 0 Å². The van der Waals surface area contributed by atoms with Crippen molar-refractivity contribution in [2.45, 2.75) is 6.61 Å². The predicted octanol–water partition coefficient (Wildman–Crippen LogP) is 3.03. The fourth-order valence-electron chi connectivity index (χ4n) is 1.38. The van der Waals surface area contributed by atoms with Crippen LogP contribution in [0.5, 0.6) is 5.75 Å². The van der Waals surface area contributed by atoms with Gasteiger partial charge in [0.05, 0.1) is 16.4 Å². The van der Waals surface area contributed by atoms with E-state index in [0.717, 1.165) is 0 Å². The Bertz CT molecular complexity index is 589. The highest BCUT2D eigenvalue weighted by molar-refractivity contribution is 9.10. The molecule has 0 saturated carbocycles. The number of aromatic amines is 1. The second-order valence-corrected chi connectivity index (χ2v) is 4.28. The Labute approximate surface area is 115 Å². The molecule has 0 bridgehead atoms. The van der Waals surface area contributed by atoms with Crippen LogP contribution < -0.4 is 10.1 Å². The highest BCUT2D eigenvalue weighted by atomic mass is 79.9. The molecule has 1 aromatic carbocycles. The van der Waals surface area contributed by atoms with Crippen molar-refractivity contribution in [1.82, 2.24) is 10.2 Å². The van der Waals surface area contributed by atoms with Gasteiger partial charge < -0.3 is 10.1 Å². The summed E-state index contributed by atoms with van der Waals surface area (Å²) in [6.45, 7) is -2.96. The lowest BCUT2D eigenvalue weighted by Gasteiger charge is -2.11. The number of nitrogens with zero attached hydrogens (tertiary/aromatic N) is 1. The number of hydrogen-bond acceptors (Lipinski definition) is 3. The van der Waals surface area contributed by atoms with E-state index in [4.69, 9.17) is 0 Å². The first kappa shape index (κ1) is 13.5. The van der Waals surface area contributed by atoms with Crippen LogP contribution in [-0.2, 0) is 0 Å². The average Bonchev–Trinajstić information content (AvgIpc) is 2.77. The summed E-state index contributed by atoms with van der Waals surface area (Å²) in [6, 6.07) is 5.92. The van der Waals surface area contributed by atoms with Crippen molar-refractivity contribution in [3.8, 4) is 5.75 Å². The van der Waals surface area contributed by atoms with Gasteiger partial charge in [-0.05, 0) is 28.1 Å². The number of anilines is 1. The van der Waals surface area contributed by atoms with Gasteiger partial charge in [-0.1, -0.05) is 12.1 Å². The number of para-hydroxylation sites is 2. The molecule has 2 rings (SSSR count). The van der Waals surface area contributed by atoms with E-state index in [1.54, 1.807) is 6.07 Å². The smallest absolute Gasteiger partial charge is 0.387 e. The van der Waals surface area contributed by atoms with Crippen molar-refractivity contribution in [1.29, 1.82) is 0 Å². The molecule has 0 saturated heterocycles. The molecule has 0 fully saturated rings. The van der Waals surface area contributed by atoms with Gasteiger partial charge in [0.25, 0.3) is 5.91 Å². The third-order valence-corrected chi connectivity index (χ3v) is 2.77. The second-order valence-electron chi connectivity index (χ2n) is 3.42. The van der Waals surface area contributed by atoms with E-state index >= 15 is 0 Å². The first-order chi connectivity index (χ1) is 9.08. The maximum absolute atomic E-state index is 12.2. The number of amides is 1. The van der Waals surface area contributed by atoms with Gasteiger partial charge in [0.1, 0.15) is 11.4 Å². The molecule has 0 spiro atoms. The minimum atomic E-state index is -2.96. The number of alkyl halides is 2. The molecule has 1 amide bonds. The maximum atomic E-state index is 12.2. The lowest BCUT2D eigenvalue weighted by molar-refractivity contribution is -0.0493. The normalized spacial score (nSPS) is 10.5. The summed E-state index contributed by atoms with van der Waals surface area (Å²) in [7, 11) is 0. The number of aromatic nitrogens is 2. The molecule has 1 heterocycles. The van der Waals surface area contributed by atoms with E-state index in [2.05, 4.69) is 36.2 Å². The quantitative estimate of drug-likeness (QED) is 0.904. The Morgan fingerprint density at radius 1 is 1.42 bits per heavy atom. The molecular weight excluding hydrogens is 324 g/mol. The molecule has 0 unspecified atom stereocenters. The molecule has 0 aliphatic rings. The molecule has 0 aliphatic carbocycles. The van der Waals surface area contributed by atoms with E-state index in [9.17, 15) is 13.6 Å². The van der Waals surface area contributed by atoms with Crippen molar-refractivity contribution in [3.05, 3.63) is 40.6 Å². The zero-order chi connectivity index (χ0) is 13.8. The molecule has 0 atom stereocenters. The van der Waals surface area contributed by atoms with Crippen LogP contribution >= 0.6 is 15.9 Å². The number of hydrogen-bond donors (Lipinski definition) is 2. The first-order valence-electron chi connectivity index (χ1n) is 5.12. The summed E-state index contributed by atoms with van der Waals surface area (Å²) in [5, 5.41) is 8.62. The molecular formula is C11H8BrF2N3O2. The van der Waals surface area contributed by atoms with Crippen LogP contribution in [0.4, 0.5) is 14.5 Å². The molecule has 5 nitrogen and oxygen atoms in total. The van der Waals surface area contributed by atoms with Gasteiger partial charge in [-0.2, -0.15) is 13.9 Å². The van der Waals surface area contributed by atoms with Gasteiger partial charge in [-0.15, -0.1) is 0 Å². The number of ether oxygens (including phenoxy) is 1. The summed E-state index contributed by atoms with van der Waals surface area (Å²) in [4.78, 5) is 11.9. The lowest BCUT2D eigenvalue weighted by Crippen LogP contribution is -2.14.